The second-order valence-electron chi connectivity index (χ2n) is 8.01. The molecule has 1 aliphatic carbocycles. The van der Waals surface area contributed by atoms with Gasteiger partial charge in [-0.15, -0.1) is 0 Å². The standard InChI is InChI=1S/C24H27F2N3O3/c1-16(28-22(30)13-17-11-18(25)14-19(26)12-17)24(32)29(21-9-3-2-4-10-21)23(31)15-27-20-7-5-6-8-20/h2-4,9-12,14,16,20,27H,5-8,13,15H2,1H3,(H,28,30)/t16-/m0/s1. The number of halogens is 2. The molecule has 0 saturated heterocycles. The molecule has 3 amide bonds. The SMILES string of the molecule is C[C@H](NC(=O)Cc1cc(F)cc(F)c1)C(=O)N(C(=O)CNC1CCCC1)c1ccccc1. The number of anilines is 1. The van der Waals surface area contributed by atoms with E-state index in [2.05, 4.69) is 10.6 Å². The van der Waals surface area contributed by atoms with Crippen molar-refractivity contribution in [3.8, 4) is 0 Å². The highest BCUT2D eigenvalue weighted by molar-refractivity contribution is 6.17. The third kappa shape index (κ3) is 6.43. The number of benzene rings is 2. The molecule has 32 heavy (non-hydrogen) atoms. The fourth-order valence-corrected chi connectivity index (χ4v) is 3.86. The number of nitrogens with zero attached hydrogens (tertiary/aromatic N) is 1. The van der Waals surface area contributed by atoms with Gasteiger partial charge in [0.2, 0.25) is 11.8 Å². The average molecular weight is 443 g/mol. The minimum absolute atomic E-state index is 0.00847. The minimum atomic E-state index is -1.02. The summed E-state index contributed by atoms with van der Waals surface area (Å²) in [6.45, 7) is 1.48. The Morgan fingerprint density at radius 3 is 2.28 bits per heavy atom. The first-order valence-corrected chi connectivity index (χ1v) is 10.7. The van der Waals surface area contributed by atoms with Gasteiger partial charge in [0.25, 0.3) is 5.91 Å². The Hall–Kier alpha value is -3.13. The van der Waals surface area contributed by atoms with Crippen LogP contribution in [0.2, 0.25) is 0 Å². The zero-order valence-electron chi connectivity index (χ0n) is 17.9. The van der Waals surface area contributed by atoms with Gasteiger partial charge in [-0.2, -0.15) is 0 Å². The Morgan fingerprint density at radius 1 is 1.03 bits per heavy atom. The van der Waals surface area contributed by atoms with E-state index in [-0.39, 0.29) is 24.6 Å². The molecule has 2 N–H and O–H groups in total. The molecule has 0 unspecified atom stereocenters. The Morgan fingerprint density at radius 2 is 1.66 bits per heavy atom. The number of nitrogens with one attached hydrogen (secondary N) is 2. The summed E-state index contributed by atoms with van der Waals surface area (Å²) in [5.74, 6) is -3.16. The van der Waals surface area contributed by atoms with Gasteiger partial charge in [0, 0.05) is 12.1 Å². The summed E-state index contributed by atoms with van der Waals surface area (Å²) in [4.78, 5) is 39.5. The van der Waals surface area contributed by atoms with Crippen molar-refractivity contribution in [1.82, 2.24) is 10.6 Å². The highest BCUT2D eigenvalue weighted by Gasteiger charge is 2.29. The molecule has 3 rings (SSSR count). The number of rotatable bonds is 8. The monoisotopic (exact) mass is 443 g/mol. The van der Waals surface area contributed by atoms with Gasteiger partial charge in [-0.25, -0.2) is 13.7 Å². The van der Waals surface area contributed by atoms with Gasteiger partial charge in [0.05, 0.1) is 18.7 Å². The maximum atomic E-state index is 13.4. The molecular formula is C24H27F2N3O3. The topological polar surface area (TPSA) is 78.5 Å². The maximum Gasteiger partial charge on any atom is 0.256 e. The van der Waals surface area contributed by atoms with E-state index in [1.165, 1.54) is 6.92 Å². The van der Waals surface area contributed by atoms with Gasteiger partial charge in [-0.3, -0.25) is 14.4 Å². The van der Waals surface area contributed by atoms with E-state index in [0.29, 0.717) is 5.69 Å². The van der Waals surface area contributed by atoms with Crippen molar-refractivity contribution in [2.75, 3.05) is 11.4 Å². The number of hydrogen-bond acceptors (Lipinski definition) is 4. The largest absolute Gasteiger partial charge is 0.344 e. The first-order chi connectivity index (χ1) is 15.3. The molecular weight excluding hydrogens is 416 g/mol. The van der Waals surface area contributed by atoms with Crippen LogP contribution in [-0.4, -0.2) is 36.3 Å². The van der Waals surface area contributed by atoms with Crippen LogP contribution in [0.25, 0.3) is 0 Å². The molecule has 0 aromatic heterocycles. The zero-order valence-corrected chi connectivity index (χ0v) is 17.9. The molecule has 0 radical (unpaired) electrons. The van der Waals surface area contributed by atoms with Crippen LogP contribution >= 0.6 is 0 Å². The number of para-hydroxylation sites is 1. The van der Waals surface area contributed by atoms with Gasteiger partial charge in [-0.1, -0.05) is 31.0 Å². The molecule has 8 heteroatoms. The second kappa shape index (κ2) is 10.9. The third-order valence-corrected chi connectivity index (χ3v) is 5.42. The molecule has 1 saturated carbocycles. The minimum Gasteiger partial charge on any atom is -0.344 e. The van der Waals surface area contributed by atoms with Crippen LogP contribution in [0.3, 0.4) is 0 Å². The van der Waals surface area contributed by atoms with E-state index in [1.54, 1.807) is 30.3 Å². The lowest BCUT2D eigenvalue weighted by Crippen LogP contribution is -2.52. The van der Waals surface area contributed by atoms with Crippen molar-refractivity contribution >= 4 is 23.4 Å². The first kappa shape index (κ1) is 23.5. The van der Waals surface area contributed by atoms with E-state index in [9.17, 15) is 23.2 Å². The molecule has 1 aliphatic rings. The van der Waals surface area contributed by atoms with E-state index in [0.717, 1.165) is 48.8 Å². The van der Waals surface area contributed by atoms with Gasteiger partial charge in [0.1, 0.15) is 17.7 Å². The summed E-state index contributed by atoms with van der Waals surface area (Å²) in [5.41, 5.74) is 0.556. The molecule has 0 heterocycles. The van der Waals surface area contributed by atoms with Crippen molar-refractivity contribution in [1.29, 1.82) is 0 Å². The van der Waals surface area contributed by atoms with Crippen LogP contribution in [0.4, 0.5) is 14.5 Å². The fraction of sp³-hybridized carbons (Fsp3) is 0.375. The highest BCUT2D eigenvalue weighted by atomic mass is 19.1. The van der Waals surface area contributed by atoms with Gasteiger partial charge in [-0.05, 0) is 49.6 Å². The molecule has 2 aromatic rings. The van der Waals surface area contributed by atoms with Crippen molar-refractivity contribution < 1.29 is 23.2 Å². The maximum absolute atomic E-state index is 13.4. The second-order valence-corrected chi connectivity index (χ2v) is 8.01. The Kier molecular flexibility index (Phi) is 8.05. The number of amides is 3. The Labute approximate surface area is 186 Å². The number of hydrogen-bond donors (Lipinski definition) is 2. The van der Waals surface area contributed by atoms with E-state index < -0.39 is 35.4 Å². The Bertz CT molecular complexity index is 942. The molecule has 170 valence electrons. The van der Waals surface area contributed by atoms with Gasteiger partial charge in [0.15, 0.2) is 0 Å². The van der Waals surface area contributed by atoms with E-state index >= 15 is 0 Å². The summed E-state index contributed by atoms with van der Waals surface area (Å²) in [5, 5.41) is 5.73. The van der Waals surface area contributed by atoms with Crippen molar-refractivity contribution in [2.24, 2.45) is 0 Å². The van der Waals surface area contributed by atoms with Crippen molar-refractivity contribution in [3.05, 3.63) is 65.7 Å². The highest BCUT2D eigenvalue weighted by Crippen LogP contribution is 2.19. The van der Waals surface area contributed by atoms with Gasteiger partial charge < -0.3 is 10.6 Å². The summed E-state index contributed by atoms with van der Waals surface area (Å²) in [6.07, 6.45) is 3.94. The normalized spacial score (nSPS) is 14.7. The summed E-state index contributed by atoms with van der Waals surface area (Å²) in [6, 6.07) is 10.6. The molecule has 0 spiro atoms. The van der Waals surface area contributed by atoms with Crippen LogP contribution in [0, 0.1) is 11.6 Å². The molecule has 1 fully saturated rings. The fourth-order valence-electron chi connectivity index (χ4n) is 3.86. The number of carbonyl (C=O) groups is 3. The quantitative estimate of drug-likeness (QED) is 0.657. The van der Waals surface area contributed by atoms with Crippen LogP contribution in [0.15, 0.2) is 48.5 Å². The predicted molar refractivity (Wildman–Crippen MR) is 117 cm³/mol. The van der Waals surface area contributed by atoms with Crippen LogP contribution in [0.1, 0.15) is 38.2 Å². The predicted octanol–water partition coefficient (Wildman–Crippen LogP) is 3.10. The lowest BCUT2D eigenvalue weighted by atomic mass is 10.1. The van der Waals surface area contributed by atoms with E-state index in [1.807, 2.05) is 0 Å². The first-order valence-electron chi connectivity index (χ1n) is 10.7. The molecule has 1 atom stereocenters. The summed E-state index contributed by atoms with van der Waals surface area (Å²) in [7, 11) is 0. The molecule has 0 bridgehead atoms. The summed E-state index contributed by atoms with van der Waals surface area (Å²) >= 11 is 0. The van der Waals surface area contributed by atoms with Gasteiger partial charge >= 0.3 is 0 Å². The van der Waals surface area contributed by atoms with Crippen molar-refractivity contribution in [3.63, 3.8) is 0 Å². The lowest BCUT2D eigenvalue weighted by Gasteiger charge is -2.25. The number of carbonyl (C=O) groups excluding carboxylic acids is 3. The number of imide groups is 1. The van der Waals surface area contributed by atoms with Crippen LogP contribution in [-0.2, 0) is 20.8 Å². The smallest absolute Gasteiger partial charge is 0.256 e. The molecule has 0 aliphatic heterocycles. The van der Waals surface area contributed by atoms with Crippen LogP contribution < -0.4 is 15.5 Å². The molecule has 2 aromatic carbocycles. The lowest BCUT2D eigenvalue weighted by molar-refractivity contribution is -0.130. The van der Waals surface area contributed by atoms with E-state index in [4.69, 9.17) is 0 Å². The zero-order chi connectivity index (χ0) is 23.1. The molecule has 6 nitrogen and oxygen atoms in total. The van der Waals surface area contributed by atoms with Crippen LogP contribution in [0.5, 0.6) is 0 Å². The average Bonchev–Trinajstić information content (AvgIpc) is 3.26. The Balaban J connectivity index is 1.67. The van der Waals surface area contributed by atoms with Crippen molar-refractivity contribution in [2.45, 2.75) is 51.1 Å². The summed E-state index contributed by atoms with van der Waals surface area (Å²) < 4.78 is 26.7. The third-order valence-electron chi connectivity index (χ3n) is 5.42.